The Hall–Kier alpha value is -1.32. The summed E-state index contributed by atoms with van der Waals surface area (Å²) in [4.78, 5) is 12.5. The summed E-state index contributed by atoms with van der Waals surface area (Å²) < 4.78 is 38.9. The number of aliphatic hydroxyl groups is 1. The molecule has 2 aromatic heterocycles. The van der Waals surface area contributed by atoms with Crippen molar-refractivity contribution in [2.75, 3.05) is 0 Å². The van der Waals surface area contributed by atoms with Crippen LogP contribution in [0.25, 0.3) is 0 Å². The summed E-state index contributed by atoms with van der Waals surface area (Å²) in [5, 5.41) is 12.6. The van der Waals surface area contributed by atoms with Gasteiger partial charge in [-0.15, -0.1) is 11.3 Å². The van der Waals surface area contributed by atoms with Crippen molar-refractivity contribution < 1.29 is 18.3 Å². The molecule has 0 aliphatic carbocycles. The van der Waals surface area contributed by atoms with Crippen LogP contribution in [0, 0.1) is 0 Å². The number of hydrogen-bond donors (Lipinski definition) is 1. The van der Waals surface area contributed by atoms with Crippen molar-refractivity contribution in [1.29, 1.82) is 0 Å². The molecule has 0 spiro atoms. The summed E-state index contributed by atoms with van der Waals surface area (Å²) in [7, 11) is 0. The van der Waals surface area contributed by atoms with E-state index in [1.807, 2.05) is 0 Å². The van der Waals surface area contributed by atoms with Gasteiger partial charge in [0.15, 0.2) is 6.10 Å². The zero-order valence-electron chi connectivity index (χ0n) is 9.84. The summed E-state index contributed by atoms with van der Waals surface area (Å²) in [5.74, 6) is 0. The van der Waals surface area contributed by atoms with E-state index in [-0.39, 0.29) is 6.54 Å². The lowest BCUT2D eigenvalue weighted by Gasteiger charge is -2.13. The summed E-state index contributed by atoms with van der Waals surface area (Å²) in [6.45, 7) is -0.765. The largest absolute Gasteiger partial charge is 0.416 e. The molecule has 1 N–H and O–H groups in total. The molecule has 0 saturated heterocycles. The Bertz CT molecular complexity index is 649. The first-order valence-electron chi connectivity index (χ1n) is 5.38. The van der Waals surface area contributed by atoms with Gasteiger partial charge < -0.3 is 5.11 Å². The second-order valence-electron chi connectivity index (χ2n) is 3.99. The van der Waals surface area contributed by atoms with Crippen LogP contribution in [0.5, 0.6) is 0 Å². The van der Waals surface area contributed by atoms with Crippen molar-refractivity contribution in [1.82, 2.24) is 14.3 Å². The number of rotatable bonds is 4. The van der Waals surface area contributed by atoms with Gasteiger partial charge in [0.25, 0.3) is 0 Å². The Morgan fingerprint density at radius 3 is 2.70 bits per heavy atom. The third kappa shape index (κ3) is 3.41. The van der Waals surface area contributed by atoms with Crippen LogP contribution in [0.15, 0.2) is 23.3 Å². The van der Waals surface area contributed by atoms with Gasteiger partial charge in [0.2, 0.25) is 0 Å². The quantitative estimate of drug-likeness (QED) is 0.930. The molecule has 110 valence electrons. The smallest absolute Gasteiger partial charge is 0.382 e. The van der Waals surface area contributed by atoms with Gasteiger partial charge in [0, 0.05) is 4.88 Å². The Kier molecular flexibility index (Phi) is 4.21. The summed E-state index contributed by atoms with van der Waals surface area (Å²) >= 11 is 6.98. The monoisotopic (exact) mass is 327 g/mol. The molecule has 0 aromatic carbocycles. The van der Waals surface area contributed by atoms with E-state index in [1.54, 1.807) is 12.1 Å². The average Bonchev–Trinajstić information content (AvgIpc) is 2.89. The molecule has 0 bridgehead atoms. The highest BCUT2D eigenvalue weighted by atomic mass is 35.5. The maximum atomic E-state index is 12.2. The van der Waals surface area contributed by atoms with Gasteiger partial charge in [0.05, 0.1) is 17.4 Å². The molecular formula is C10H9ClF3N3O2S. The zero-order chi connectivity index (χ0) is 14.9. The normalized spacial score (nSPS) is 13.7. The molecule has 0 aliphatic rings. The van der Waals surface area contributed by atoms with Gasteiger partial charge in [-0.05, 0) is 12.1 Å². The summed E-state index contributed by atoms with van der Waals surface area (Å²) in [6.07, 6.45) is -6.41. The van der Waals surface area contributed by atoms with Crippen LogP contribution in [-0.4, -0.2) is 31.7 Å². The summed E-state index contributed by atoms with van der Waals surface area (Å²) in [6, 6.07) is 3.35. The van der Waals surface area contributed by atoms with Crippen molar-refractivity contribution in [2.24, 2.45) is 0 Å². The highest BCUT2D eigenvalue weighted by Gasteiger charge is 2.38. The third-order valence-corrected chi connectivity index (χ3v) is 3.69. The van der Waals surface area contributed by atoms with E-state index in [2.05, 4.69) is 5.10 Å². The lowest BCUT2D eigenvalue weighted by atomic mass is 10.3. The van der Waals surface area contributed by atoms with Gasteiger partial charge in [-0.3, -0.25) is 4.57 Å². The van der Waals surface area contributed by atoms with Crippen LogP contribution >= 0.6 is 22.9 Å². The second-order valence-corrected chi connectivity index (χ2v) is 5.79. The maximum Gasteiger partial charge on any atom is 0.416 e. The van der Waals surface area contributed by atoms with E-state index in [0.717, 1.165) is 15.9 Å². The molecule has 0 amide bonds. The minimum atomic E-state index is -4.77. The van der Waals surface area contributed by atoms with Gasteiger partial charge in [-0.1, -0.05) is 11.6 Å². The van der Waals surface area contributed by atoms with Gasteiger partial charge >= 0.3 is 11.9 Å². The predicted octanol–water partition coefficient (Wildman–Crippen LogP) is 1.73. The second kappa shape index (κ2) is 5.58. The molecule has 10 heteroatoms. The number of hydrogen-bond acceptors (Lipinski definition) is 4. The summed E-state index contributed by atoms with van der Waals surface area (Å²) in [5.41, 5.74) is -0.724. The number of nitrogens with zero attached hydrogens (tertiary/aromatic N) is 3. The van der Waals surface area contributed by atoms with Crippen LogP contribution in [0.4, 0.5) is 13.2 Å². The average molecular weight is 328 g/mol. The Morgan fingerprint density at radius 1 is 1.45 bits per heavy atom. The highest BCUT2D eigenvalue weighted by Crippen LogP contribution is 2.22. The van der Waals surface area contributed by atoms with Gasteiger partial charge in [0.1, 0.15) is 6.33 Å². The standard InChI is InChI=1S/C10H9ClF3N3O2S/c11-8-2-1-6(20-8)3-17-9(19)16(5-15-17)4-7(18)10(12,13)14/h1-2,5,7,18H,3-4H2/t7-/m0/s1. The SMILES string of the molecule is O=c1n(C[C@H](O)C(F)(F)F)cnn1Cc1ccc(Cl)s1. The lowest BCUT2D eigenvalue weighted by molar-refractivity contribution is -0.207. The molecule has 2 heterocycles. The van der Waals surface area contributed by atoms with Gasteiger partial charge in [-0.25, -0.2) is 9.48 Å². The Labute approximate surface area is 119 Å². The van der Waals surface area contributed by atoms with Crippen molar-refractivity contribution in [3.63, 3.8) is 0 Å². The van der Waals surface area contributed by atoms with Crippen LogP contribution in [0.2, 0.25) is 4.34 Å². The molecule has 20 heavy (non-hydrogen) atoms. The first-order valence-corrected chi connectivity index (χ1v) is 6.58. The molecule has 2 rings (SSSR count). The zero-order valence-corrected chi connectivity index (χ0v) is 11.4. The molecule has 0 aliphatic heterocycles. The minimum absolute atomic E-state index is 0.116. The Morgan fingerprint density at radius 2 is 2.15 bits per heavy atom. The van der Waals surface area contributed by atoms with Crippen LogP contribution < -0.4 is 5.69 Å². The van der Waals surface area contributed by atoms with E-state index in [9.17, 15) is 18.0 Å². The minimum Gasteiger partial charge on any atom is -0.382 e. The van der Waals surface area contributed by atoms with Crippen LogP contribution in [-0.2, 0) is 13.1 Å². The van der Waals surface area contributed by atoms with E-state index in [4.69, 9.17) is 16.7 Å². The van der Waals surface area contributed by atoms with E-state index < -0.39 is 24.5 Å². The molecule has 0 saturated carbocycles. The first kappa shape index (κ1) is 15.1. The molecule has 2 aromatic rings. The van der Waals surface area contributed by atoms with E-state index >= 15 is 0 Å². The number of alkyl halides is 3. The van der Waals surface area contributed by atoms with E-state index in [0.29, 0.717) is 8.90 Å². The first-order chi connectivity index (χ1) is 9.27. The predicted molar refractivity (Wildman–Crippen MR) is 67.0 cm³/mol. The lowest BCUT2D eigenvalue weighted by Crippen LogP contribution is -2.36. The molecule has 5 nitrogen and oxygen atoms in total. The fourth-order valence-electron chi connectivity index (χ4n) is 1.48. The third-order valence-electron chi connectivity index (χ3n) is 2.48. The molecule has 0 radical (unpaired) electrons. The van der Waals surface area contributed by atoms with Crippen molar-refractivity contribution in [2.45, 2.75) is 25.4 Å². The van der Waals surface area contributed by atoms with Crippen LogP contribution in [0.1, 0.15) is 4.88 Å². The van der Waals surface area contributed by atoms with Crippen molar-refractivity contribution in [3.8, 4) is 0 Å². The van der Waals surface area contributed by atoms with E-state index in [1.165, 1.54) is 11.3 Å². The van der Waals surface area contributed by atoms with Crippen molar-refractivity contribution >= 4 is 22.9 Å². The maximum absolute atomic E-state index is 12.2. The number of aliphatic hydroxyl groups excluding tert-OH is 1. The van der Waals surface area contributed by atoms with Crippen LogP contribution in [0.3, 0.4) is 0 Å². The number of halogens is 4. The highest BCUT2D eigenvalue weighted by molar-refractivity contribution is 7.16. The molecular weight excluding hydrogens is 319 g/mol. The number of aromatic nitrogens is 3. The van der Waals surface area contributed by atoms with Crippen molar-refractivity contribution in [3.05, 3.63) is 38.2 Å². The molecule has 0 unspecified atom stereocenters. The van der Waals surface area contributed by atoms with Gasteiger partial charge in [-0.2, -0.15) is 18.3 Å². The topological polar surface area (TPSA) is 60.1 Å². The fraction of sp³-hybridized carbons (Fsp3) is 0.400. The fourth-order valence-corrected chi connectivity index (χ4v) is 2.55. The Balaban J connectivity index is 2.13. The number of thiophene rings is 1. The molecule has 1 atom stereocenters. The molecule has 0 fully saturated rings.